The van der Waals surface area contributed by atoms with Crippen molar-refractivity contribution in [3.8, 4) is 0 Å². The molecule has 0 heterocycles. The monoisotopic (exact) mass is 178 g/mol. The molecule has 0 saturated carbocycles. The van der Waals surface area contributed by atoms with Crippen LogP contribution >= 0.6 is 0 Å². The van der Waals surface area contributed by atoms with E-state index in [0.29, 0.717) is 5.41 Å². The summed E-state index contributed by atoms with van der Waals surface area (Å²) in [5.41, 5.74) is 1.86. The second kappa shape index (κ2) is 3.13. The molecule has 0 N–H and O–H groups in total. The summed E-state index contributed by atoms with van der Waals surface area (Å²) in [4.78, 5) is 0. The lowest BCUT2D eigenvalue weighted by Gasteiger charge is -2.22. The molecule has 0 radical (unpaired) electrons. The first-order chi connectivity index (χ1) is 5.43. The van der Waals surface area contributed by atoms with Crippen LogP contribution in [0.4, 0.5) is 0 Å². The van der Waals surface area contributed by atoms with Crippen LogP contribution in [0.3, 0.4) is 0 Å². The van der Waals surface area contributed by atoms with Gasteiger partial charge in [0.15, 0.2) is 0 Å². The molecule has 0 amide bonds. The first-order valence-electron chi connectivity index (χ1n) is 4.49. The zero-order valence-corrected chi connectivity index (χ0v) is 9.73. The van der Waals surface area contributed by atoms with Crippen LogP contribution in [-0.2, 0) is 0 Å². The highest BCUT2D eigenvalue weighted by atomic mass is 28.2. The summed E-state index contributed by atoms with van der Waals surface area (Å²) in [7, 11) is -0.281. The van der Waals surface area contributed by atoms with Gasteiger partial charge in [-0.3, -0.25) is 0 Å². The SMILES string of the molecule is C[Si](C)=C1C=CC=C1C(C)(C)C. The maximum atomic E-state index is 2.36. The van der Waals surface area contributed by atoms with E-state index in [1.165, 1.54) is 0 Å². The van der Waals surface area contributed by atoms with Gasteiger partial charge in [0, 0.05) is 8.41 Å². The van der Waals surface area contributed by atoms with Gasteiger partial charge >= 0.3 is 0 Å². The van der Waals surface area contributed by atoms with Crippen molar-refractivity contribution in [1.82, 2.24) is 0 Å². The third kappa shape index (κ3) is 1.83. The minimum absolute atomic E-state index is 0.281. The molecule has 1 aliphatic carbocycles. The van der Waals surface area contributed by atoms with Crippen molar-refractivity contribution in [3.05, 3.63) is 23.8 Å². The Morgan fingerprint density at radius 1 is 1.17 bits per heavy atom. The molecule has 0 saturated heterocycles. The van der Waals surface area contributed by atoms with Gasteiger partial charge < -0.3 is 0 Å². The summed E-state index contributed by atoms with van der Waals surface area (Å²) in [6.07, 6.45) is 6.75. The van der Waals surface area contributed by atoms with E-state index in [9.17, 15) is 0 Å². The Bertz CT molecular complexity index is 268. The molecule has 0 aromatic heterocycles. The molecule has 66 valence electrons. The van der Waals surface area contributed by atoms with E-state index < -0.39 is 0 Å². The Morgan fingerprint density at radius 2 is 1.75 bits per heavy atom. The smallest absolute Gasteiger partial charge is 0.0132 e. The van der Waals surface area contributed by atoms with Crippen molar-refractivity contribution in [2.24, 2.45) is 5.41 Å². The van der Waals surface area contributed by atoms with E-state index in [2.05, 4.69) is 52.1 Å². The first kappa shape index (κ1) is 9.65. The maximum absolute atomic E-state index is 2.36. The lowest BCUT2D eigenvalue weighted by Crippen LogP contribution is -2.19. The number of hydrogen-bond acceptors (Lipinski definition) is 0. The molecular formula is C11H18Si. The zero-order chi connectivity index (χ0) is 9.35. The standard InChI is InChI=1S/C11H18Si/c1-11(2,3)9-7-6-8-10(9)12(4)5/h6-8H,1-5H3. The summed E-state index contributed by atoms with van der Waals surface area (Å²) < 4.78 is 0. The van der Waals surface area contributed by atoms with Crippen LogP contribution in [0.1, 0.15) is 20.8 Å². The zero-order valence-electron chi connectivity index (χ0n) is 8.73. The Hall–Kier alpha value is -0.433. The first-order valence-corrected chi connectivity index (χ1v) is 6.99. The third-order valence-electron chi connectivity index (χ3n) is 2.16. The molecule has 12 heavy (non-hydrogen) atoms. The minimum Gasteiger partial charge on any atom is -0.0618 e. The molecule has 1 heteroatoms. The maximum Gasteiger partial charge on any atom is 0.0132 e. The fourth-order valence-electron chi connectivity index (χ4n) is 1.51. The van der Waals surface area contributed by atoms with Crippen LogP contribution in [0.15, 0.2) is 23.8 Å². The molecule has 0 nitrogen and oxygen atoms in total. The highest BCUT2D eigenvalue weighted by Crippen LogP contribution is 2.29. The van der Waals surface area contributed by atoms with Crippen molar-refractivity contribution < 1.29 is 0 Å². The Kier molecular flexibility index (Phi) is 2.52. The van der Waals surface area contributed by atoms with E-state index >= 15 is 0 Å². The second-order valence-electron chi connectivity index (χ2n) is 4.60. The van der Waals surface area contributed by atoms with Crippen molar-refractivity contribution in [1.29, 1.82) is 0 Å². The minimum atomic E-state index is -0.281. The van der Waals surface area contributed by atoms with Crippen molar-refractivity contribution >= 4 is 13.6 Å². The Morgan fingerprint density at radius 3 is 2.08 bits per heavy atom. The van der Waals surface area contributed by atoms with Gasteiger partial charge in [-0.05, 0) is 16.2 Å². The van der Waals surface area contributed by atoms with Gasteiger partial charge in [0.2, 0.25) is 0 Å². The van der Waals surface area contributed by atoms with Gasteiger partial charge in [0.25, 0.3) is 0 Å². The molecule has 0 aromatic rings. The van der Waals surface area contributed by atoms with Crippen molar-refractivity contribution in [2.45, 2.75) is 33.9 Å². The highest BCUT2D eigenvalue weighted by Gasteiger charge is 2.21. The number of rotatable bonds is 0. The number of hydrogen-bond donors (Lipinski definition) is 0. The molecule has 0 atom stereocenters. The molecule has 0 bridgehead atoms. The van der Waals surface area contributed by atoms with Crippen LogP contribution in [0.5, 0.6) is 0 Å². The van der Waals surface area contributed by atoms with Gasteiger partial charge in [-0.25, -0.2) is 0 Å². The van der Waals surface area contributed by atoms with Crippen molar-refractivity contribution in [3.63, 3.8) is 0 Å². The van der Waals surface area contributed by atoms with E-state index in [1.54, 1.807) is 10.7 Å². The molecule has 1 rings (SSSR count). The van der Waals surface area contributed by atoms with Gasteiger partial charge in [-0.2, -0.15) is 0 Å². The Balaban J connectivity index is 3.06. The second-order valence-corrected chi connectivity index (χ2v) is 7.14. The highest BCUT2D eigenvalue weighted by molar-refractivity contribution is 6.74. The number of allylic oxidation sites excluding steroid dienone is 4. The van der Waals surface area contributed by atoms with E-state index in [4.69, 9.17) is 0 Å². The predicted octanol–water partition coefficient (Wildman–Crippen LogP) is 3.04. The fourth-order valence-corrected chi connectivity index (χ4v) is 2.94. The molecular weight excluding hydrogens is 160 g/mol. The molecule has 0 spiro atoms. The molecule has 1 aliphatic rings. The van der Waals surface area contributed by atoms with Gasteiger partial charge in [-0.15, -0.1) is 0 Å². The molecule has 0 fully saturated rings. The quantitative estimate of drug-likeness (QED) is 0.500. The fraction of sp³-hybridized carbons (Fsp3) is 0.545. The molecule has 0 unspecified atom stereocenters. The van der Waals surface area contributed by atoms with E-state index in [-0.39, 0.29) is 8.41 Å². The molecule has 0 aromatic carbocycles. The summed E-state index contributed by atoms with van der Waals surface area (Å²) >= 11 is 0. The largest absolute Gasteiger partial charge is 0.0618 e. The lowest BCUT2D eigenvalue weighted by molar-refractivity contribution is 0.527. The Labute approximate surface area is 77.2 Å². The summed E-state index contributed by atoms with van der Waals surface area (Å²) in [5.74, 6) is 0. The summed E-state index contributed by atoms with van der Waals surface area (Å²) in [6, 6.07) is 0. The predicted molar refractivity (Wildman–Crippen MR) is 59.2 cm³/mol. The van der Waals surface area contributed by atoms with Gasteiger partial charge in [-0.1, -0.05) is 52.1 Å². The van der Waals surface area contributed by atoms with E-state index in [1.807, 2.05) is 0 Å². The van der Waals surface area contributed by atoms with Crippen LogP contribution in [0, 0.1) is 5.41 Å². The van der Waals surface area contributed by atoms with Gasteiger partial charge in [0.05, 0.1) is 0 Å². The topological polar surface area (TPSA) is 0 Å². The summed E-state index contributed by atoms with van der Waals surface area (Å²) in [6.45, 7) is 11.6. The molecule has 0 aliphatic heterocycles. The van der Waals surface area contributed by atoms with Crippen LogP contribution in [-0.4, -0.2) is 13.6 Å². The third-order valence-corrected chi connectivity index (χ3v) is 3.68. The van der Waals surface area contributed by atoms with Crippen LogP contribution < -0.4 is 0 Å². The van der Waals surface area contributed by atoms with Gasteiger partial charge in [0.1, 0.15) is 0 Å². The van der Waals surface area contributed by atoms with E-state index in [0.717, 1.165) is 0 Å². The normalized spacial score (nSPS) is 16.8. The van der Waals surface area contributed by atoms with Crippen LogP contribution in [0.2, 0.25) is 13.1 Å². The average molecular weight is 178 g/mol. The average Bonchev–Trinajstić information content (AvgIpc) is 2.30. The van der Waals surface area contributed by atoms with Crippen molar-refractivity contribution in [2.75, 3.05) is 0 Å². The lowest BCUT2D eigenvalue weighted by atomic mass is 9.86. The summed E-state index contributed by atoms with van der Waals surface area (Å²) in [5, 5.41) is 1.60. The van der Waals surface area contributed by atoms with Crippen LogP contribution in [0.25, 0.3) is 0 Å².